The Hall–Kier alpha value is -2.05. The van der Waals surface area contributed by atoms with E-state index in [0.29, 0.717) is 11.9 Å². The Labute approximate surface area is 139 Å². The second-order valence-corrected chi connectivity index (χ2v) is 6.53. The lowest BCUT2D eigenvalue weighted by atomic mass is 10.2. The summed E-state index contributed by atoms with van der Waals surface area (Å²) in [6, 6.07) is 7.59. The monoisotopic (exact) mass is 328 g/mol. The van der Waals surface area contributed by atoms with Crippen LogP contribution in [0.2, 0.25) is 0 Å². The molecule has 120 valence electrons. The number of thiazole rings is 1. The molecule has 0 fully saturated rings. The van der Waals surface area contributed by atoms with Gasteiger partial charge in [-0.3, -0.25) is 9.36 Å². The van der Waals surface area contributed by atoms with Crippen molar-refractivity contribution in [3.05, 3.63) is 57.0 Å². The predicted octanol–water partition coefficient (Wildman–Crippen LogP) is 2.59. The van der Waals surface area contributed by atoms with Crippen LogP contribution in [0.25, 0.3) is 10.9 Å². The van der Waals surface area contributed by atoms with Crippen LogP contribution in [0.1, 0.15) is 24.5 Å². The summed E-state index contributed by atoms with van der Waals surface area (Å²) in [5.41, 5.74) is 1.88. The number of nitrogens with one attached hydrogen (secondary N) is 1. The van der Waals surface area contributed by atoms with Gasteiger partial charge in [0.05, 0.1) is 22.9 Å². The summed E-state index contributed by atoms with van der Waals surface area (Å²) >= 11 is 1.67. The third-order valence-electron chi connectivity index (χ3n) is 3.77. The molecule has 1 aromatic carbocycles. The van der Waals surface area contributed by atoms with E-state index in [1.807, 2.05) is 24.3 Å². The van der Waals surface area contributed by atoms with Crippen LogP contribution in [0, 0.1) is 0 Å². The van der Waals surface area contributed by atoms with Gasteiger partial charge in [-0.1, -0.05) is 19.1 Å². The van der Waals surface area contributed by atoms with Crippen molar-refractivity contribution in [1.29, 1.82) is 0 Å². The molecule has 3 rings (SSSR count). The van der Waals surface area contributed by atoms with E-state index in [4.69, 9.17) is 0 Å². The Morgan fingerprint density at radius 3 is 2.96 bits per heavy atom. The quantitative estimate of drug-likeness (QED) is 0.755. The maximum atomic E-state index is 12.5. The SMILES string of the molecule is CCc1csc(CN[C@@H](C)Cn2cnc3ccccc3c2=O)n1. The molecule has 3 aromatic rings. The molecule has 0 aliphatic carbocycles. The van der Waals surface area contributed by atoms with Crippen molar-refractivity contribution in [2.24, 2.45) is 0 Å². The van der Waals surface area contributed by atoms with Crippen LogP contribution in [0.5, 0.6) is 0 Å². The molecule has 0 spiro atoms. The molecule has 0 aliphatic heterocycles. The van der Waals surface area contributed by atoms with E-state index < -0.39 is 0 Å². The lowest BCUT2D eigenvalue weighted by Crippen LogP contribution is -2.34. The highest BCUT2D eigenvalue weighted by atomic mass is 32.1. The van der Waals surface area contributed by atoms with E-state index >= 15 is 0 Å². The number of nitrogens with zero attached hydrogens (tertiary/aromatic N) is 3. The van der Waals surface area contributed by atoms with Crippen LogP contribution in [0.3, 0.4) is 0 Å². The van der Waals surface area contributed by atoms with E-state index in [0.717, 1.165) is 29.2 Å². The normalized spacial score (nSPS) is 12.6. The highest BCUT2D eigenvalue weighted by Crippen LogP contribution is 2.10. The molecule has 0 saturated carbocycles. The number of aromatic nitrogens is 3. The van der Waals surface area contributed by atoms with Gasteiger partial charge in [0.15, 0.2) is 0 Å². The summed E-state index contributed by atoms with van der Waals surface area (Å²) in [4.78, 5) is 21.4. The third-order valence-corrected chi connectivity index (χ3v) is 4.66. The van der Waals surface area contributed by atoms with Crippen LogP contribution in [0.15, 0.2) is 40.8 Å². The van der Waals surface area contributed by atoms with Crippen LogP contribution in [-0.4, -0.2) is 20.6 Å². The second-order valence-electron chi connectivity index (χ2n) is 5.59. The minimum Gasteiger partial charge on any atom is -0.306 e. The van der Waals surface area contributed by atoms with Crippen molar-refractivity contribution < 1.29 is 0 Å². The Kier molecular flexibility index (Phi) is 4.83. The van der Waals surface area contributed by atoms with Gasteiger partial charge < -0.3 is 5.32 Å². The average Bonchev–Trinajstić information content (AvgIpc) is 3.04. The molecular weight excluding hydrogens is 308 g/mol. The van der Waals surface area contributed by atoms with E-state index in [-0.39, 0.29) is 11.6 Å². The smallest absolute Gasteiger partial charge is 0.261 e. The van der Waals surface area contributed by atoms with Gasteiger partial charge in [-0.25, -0.2) is 9.97 Å². The number of benzene rings is 1. The molecule has 0 bridgehead atoms. The first kappa shape index (κ1) is 15.8. The molecule has 2 aromatic heterocycles. The molecular formula is C17H20N4OS. The van der Waals surface area contributed by atoms with E-state index in [1.165, 1.54) is 0 Å². The summed E-state index contributed by atoms with van der Waals surface area (Å²) in [5, 5.41) is 7.26. The molecule has 1 atom stereocenters. The lowest BCUT2D eigenvalue weighted by molar-refractivity contribution is 0.466. The fourth-order valence-corrected chi connectivity index (χ4v) is 3.28. The number of aryl methyl sites for hydroxylation is 1. The van der Waals surface area contributed by atoms with Gasteiger partial charge in [0.2, 0.25) is 0 Å². The summed E-state index contributed by atoms with van der Waals surface area (Å²) in [7, 11) is 0. The van der Waals surface area contributed by atoms with Crippen molar-refractivity contribution >= 4 is 22.2 Å². The minimum atomic E-state index is 0.00627. The first-order chi connectivity index (χ1) is 11.2. The van der Waals surface area contributed by atoms with Gasteiger partial charge in [0.1, 0.15) is 5.01 Å². The topological polar surface area (TPSA) is 59.8 Å². The highest BCUT2D eigenvalue weighted by Gasteiger charge is 2.08. The summed E-state index contributed by atoms with van der Waals surface area (Å²) in [5.74, 6) is 0. The Balaban J connectivity index is 1.66. The second kappa shape index (κ2) is 7.02. The zero-order valence-corrected chi connectivity index (χ0v) is 14.1. The number of para-hydroxylation sites is 1. The average molecular weight is 328 g/mol. The molecule has 23 heavy (non-hydrogen) atoms. The van der Waals surface area contributed by atoms with Crippen LogP contribution in [-0.2, 0) is 19.5 Å². The standard InChI is InChI=1S/C17H20N4OS/c1-3-13-10-23-16(20-13)8-18-12(2)9-21-11-19-15-7-5-4-6-14(15)17(21)22/h4-7,10-12,18H,3,8-9H2,1-2H3/t12-/m0/s1. The third kappa shape index (κ3) is 3.65. The zero-order chi connectivity index (χ0) is 16.2. The van der Waals surface area contributed by atoms with Crippen LogP contribution < -0.4 is 10.9 Å². The number of fused-ring (bicyclic) bond motifs is 1. The molecule has 1 N–H and O–H groups in total. The summed E-state index contributed by atoms with van der Waals surface area (Å²) in [6.07, 6.45) is 2.59. The minimum absolute atomic E-state index is 0.00627. The molecule has 6 heteroatoms. The van der Waals surface area contributed by atoms with Crippen molar-refractivity contribution in [2.75, 3.05) is 0 Å². The van der Waals surface area contributed by atoms with Crippen molar-refractivity contribution in [2.45, 2.75) is 39.4 Å². The maximum Gasteiger partial charge on any atom is 0.261 e. The van der Waals surface area contributed by atoms with E-state index in [9.17, 15) is 4.79 Å². The molecule has 0 unspecified atom stereocenters. The fraction of sp³-hybridized carbons (Fsp3) is 0.353. The molecule has 0 aliphatic rings. The Bertz CT molecular complexity index is 855. The van der Waals surface area contributed by atoms with Gasteiger partial charge >= 0.3 is 0 Å². The molecule has 0 saturated heterocycles. The first-order valence-corrected chi connectivity index (χ1v) is 8.66. The molecule has 2 heterocycles. The van der Waals surface area contributed by atoms with Gasteiger partial charge in [0, 0.05) is 24.5 Å². The van der Waals surface area contributed by atoms with Crippen molar-refractivity contribution in [3.63, 3.8) is 0 Å². The molecule has 0 radical (unpaired) electrons. The number of hydrogen-bond acceptors (Lipinski definition) is 5. The van der Waals surface area contributed by atoms with Gasteiger partial charge in [-0.15, -0.1) is 11.3 Å². The molecule has 5 nitrogen and oxygen atoms in total. The maximum absolute atomic E-state index is 12.5. The molecule has 0 amide bonds. The number of rotatable bonds is 6. The summed E-state index contributed by atoms with van der Waals surface area (Å²) in [6.45, 7) is 5.48. The van der Waals surface area contributed by atoms with Gasteiger partial charge in [-0.2, -0.15) is 0 Å². The number of hydrogen-bond donors (Lipinski definition) is 1. The Morgan fingerprint density at radius 2 is 2.17 bits per heavy atom. The van der Waals surface area contributed by atoms with E-state index in [1.54, 1.807) is 22.2 Å². The van der Waals surface area contributed by atoms with Crippen LogP contribution >= 0.6 is 11.3 Å². The van der Waals surface area contributed by atoms with Crippen LogP contribution in [0.4, 0.5) is 0 Å². The van der Waals surface area contributed by atoms with Gasteiger partial charge in [-0.05, 0) is 25.5 Å². The predicted molar refractivity (Wildman–Crippen MR) is 93.8 cm³/mol. The van der Waals surface area contributed by atoms with Crippen molar-refractivity contribution in [1.82, 2.24) is 19.9 Å². The summed E-state index contributed by atoms with van der Waals surface area (Å²) < 4.78 is 1.67. The highest BCUT2D eigenvalue weighted by molar-refractivity contribution is 7.09. The lowest BCUT2D eigenvalue weighted by Gasteiger charge is -2.14. The largest absolute Gasteiger partial charge is 0.306 e. The Morgan fingerprint density at radius 1 is 1.35 bits per heavy atom. The van der Waals surface area contributed by atoms with E-state index in [2.05, 4.69) is 34.5 Å². The van der Waals surface area contributed by atoms with Gasteiger partial charge in [0.25, 0.3) is 5.56 Å². The zero-order valence-electron chi connectivity index (χ0n) is 13.3. The fourth-order valence-electron chi connectivity index (χ4n) is 2.45. The first-order valence-electron chi connectivity index (χ1n) is 7.78. The van der Waals surface area contributed by atoms with Crippen molar-refractivity contribution in [3.8, 4) is 0 Å².